The smallest absolute Gasteiger partial charge is 0.326 e. The molecule has 0 fully saturated rings. The fraction of sp³-hybridized carbons (Fsp3) is 0.538. The van der Waals surface area contributed by atoms with Crippen molar-refractivity contribution < 1.29 is 13.5 Å². The average molecular weight is 331 g/mol. The Hall–Kier alpha value is -1.25. The van der Waals surface area contributed by atoms with Crippen LogP contribution in [-0.4, -0.2) is 24.4 Å². The van der Waals surface area contributed by atoms with E-state index in [-0.39, 0.29) is 12.4 Å². The summed E-state index contributed by atoms with van der Waals surface area (Å²) < 4.78 is 26.4. The van der Waals surface area contributed by atoms with Gasteiger partial charge in [-0.3, -0.25) is 0 Å². The minimum absolute atomic E-state index is 0.232. The van der Waals surface area contributed by atoms with Gasteiger partial charge in [0, 0.05) is 16.3 Å². The molecule has 0 saturated heterocycles. The highest BCUT2D eigenvalue weighted by Gasteiger charge is 2.27. The molecule has 1 aromatic heterocycles. The lowest BCUT2D eigenvalue weighted by molar-refractivity contribution is 0.390. The van der Waals surface area contributed by atoms with Crippen LogP contribution in [-0.2, 0) is 23.3 Å². The van der Waals surface area contributed by atoms with Gasteiger partial charge in [-0.2, -0.15) is 8.42 Å². The summed E-state index contributed by atoms with van der Waals surface area (Å²) in [7, 11) is -3.62. The van der Waals surface area contributed by atoms with Crippen molar-refractivity contribution in [3.8, 4) is 0 Å². The van der Waals surface area contributed by atoms with Crippen molar-refractivity contribution in [2.75, 3.05) is 6.54 Å². The van der Waals surface area contributed by atoms with Gasteiger partial charge in [0.05, 0.1) is 12.7 Å². The molecule has 0 amide bonds. The first-order valence-electron chi connectivity index (χ1n) is 6.85. The normalized spacial score (nSPS) is 17.1. The maximum absolute atomic E-state index is 11.7. The van der Waals surface area contributed by atoms with Crippen LogP contribution in [0.25, 0.3) is 0 Å². The second-order valence-electron chi connectivity index (χ2n) is 5.39. The minimum Gasteiger partial charge on any atom is -0.493 e. The Kier molecular flexibility index (Phi) is 5.13. The van der Waals surface area contributed by atoms with Gasteiger partial charge < -0.3 is 10.4 Å². The molecule has 1 aromatic rings. The van der Waals surface area contributed by atoms with Crippen LogP contribution < -0.4 is 10.0 Å². The van der Waals surface area contributed by atoms with E-state index in [0.717, 1.165) is 28.7 Å². The summed E-state index contributed by atoms with van der Waals surface area (Å²) in [5, 5.41) is 12.6. The van der Waals surface area contributed by atoms with Crippen molar-refractivity contribution in [3.63, 3.8) is 0 Å². The van der Waals surface area contributed by atoms with E-state index in [2.05, 4.69) is 19.2 Å². The standard InChI is InChI=1S/C13H21N3O3S2/c1-10(2)5-6-14-7-11-3-4-12(20-11)8-16-9-13(17)15-21(16,18)19/h3-4,9-10,14-15,17H,5-8H2,1-2H3. The fourth-order valence-corrected chi connectivity index (χ4v) is 3.96. The third kappa shape index (κ3) is 4.62. The van der Waals surface area contributed by atoms with Crippen LogP contribution in [0.1, 0.15) is 30.0 Å². The number of hydrogen-bond acceptors (Lipinski definition) is 5. The van der Waals surface area contributed by atoms with Gasteiger partial charge in [0.15, 0.2) is 0 Å². The summed E-state index contributed by atoms with van der Waals surface area (Å²) in [6.45, 7) is 6.39. The summed E-state index contributed by atoms with van der Waals surface area (Å²) in [5.41, 5.74) is 0. The zero-order valence-electron chi connectivity index (χ0n) is 12.2. The lowest BCUT2D eigenvalue weighted by atomic mass is 10.1. The first-order valence-corrected chi connectivity index (χ1v) is 9.11. The van der Waals surface area contributed by atoms with Crippen LogP contribution in [0.15, 0.2) is 24.2 Å². The first kappa shape index (κ1) is 16.1. The predicted octanol–water partition coefficient (Wildman–Crippen LogP) is 1.89. The topological polar surface area (TPSA) is 81.7 Å². The summed E-state index contributed by atoms with van der Waals surface area (Å²) in [5.74, 6) is 0.339. The second-order valence-corrected chi connectivity index (χ2v) is 8.27. The van der Waals surface area contributed by atoms with Gasteiger partial charge in [0.2, 0.25) is 5.88 Å². The Labute approximate surface area is 129 Å². The predicted molar refractivity (Wildman–Crippen MR) is 83.8 cm³/mol. The molecule has 0 unspecified atom stereocenters. The molecule has 0 radical (unpaired) electrons. The molecule has 0 bridgehead atoms. The van der Waals surface area contributed by atoms with Crippen LogP contribution in [0, 0.1) is 5.92 Å². The lowest BCUT2D eigenvalue weighted by Gasteiger charge is -2.12. The second kappa shape index (κ2) is 6.67. The molecular weight excluding hydrogens is 310 g/mol. The molecule has 0 aromatic carbocycles. The van der Waals surface area contributed by atoms with E-state index in [0.29, 0.717) is 5.92 Å². The van der Waals surface area contributed by atoms with E-state index < -0.39 is 10.2 Å². The summed E-state index contributed by atoms with van der Waals surface area (Å²) in [6.07, 6.45) is 2.33. The lowest BCUT2D eigenvalue weighted by Crippen LogP contribution is -2.29. The van der Waals surface area contributed by atoms with Crippen molar-refractivity contribution in [1.82, 2.24) is 14.3 Å². The Balaban J connectivity index is 1.86. The van der Waals surface area contributed by atoms with Crippen molar-refractivity contribution in [2.24, 2.45) is 5.92 Å². The van der Waals surface area contributed by atoms with Crippen LogP contribution in [0.4, 0.5) is 0 Å². The molecule has 0 saturated carbocycles. The maximum atomic E-state index is 11.7. The van der Waals surface area contributed by atoms with Gasteiger partial charge in [-0.15, -0.1) is 11.3 Å². The average Bonchev–Trinajstić information content (AvgIpc) is 2.90. The largest absolute Gasteiger partial charge is 0.493 e. The highest BCUT2D eigenvalue weighted by molar-refractivity contribution is 7.87. The molecule has 2 rings (SSSR count). The minimum atomic E-state index is -3.62. The van der Waals surface area contributed by atoms with E-state index in [1.54, 1.807) is 11.3 Å². The fourth-order valence-electron chi connectivity index (χ4n) is 1.91. The van der Waals surface area contributed by atoms with Gasteiger partial charge in [0.1, 0.15) is 0 Å². The zero-order valence-corrected chi connectivity index (χ0v) is 13.8. The molecule has 0 atom stereocenters. The van der Waals surface area contributed by atoms with Crippen LogP contribution >= 0.6 is 11.3 Å². The van der Waals surface area contributed by atoms with Gasteiger partial charge >= 0.3 is 10.2 Å². The Morgan fingerprint density at radius 2 is 2.10 bits per heavy atom. The van der Waals surface area contributed by atoms with Crippen LogP contribution in [0.5, 0.6) is 0 Å². The summed E-state index contributed by atoms with van der Waals surface area (Å²) in [4.78, 5) is 2.11. The third-order valence-corrected chi connectivity index (χ3v) is 5.42. The highest BCUT2D eigenvalue weighted by Crippen LogP contribution is 2.21. The molecule has 1 aliphatic rings. The maximum Gasteiger partial charge on any atom is 0.326 e. The Morgan fingerprint density at radius 3 is 2.71 bits per heavy atom. The molecule has 1 aliphatic heterocycles. The molecule has 0 aliphatic carbocycles. The number of aliphatic hydroxyl groups excluding tert-OH is 1. The quantitative estimate of drug-likeness (QED) is 0.667. The molecule has 0 spiro atoms. The first-order chi connectivity index (χ1) is 9.87. The number of hydrogen-bond donors (Lipinski definition) is 3. The molecule has 8 heteroatoms. The number of rotatable bonds is 7. The monoisotopic (exact) mass is 331 g/mol. The zero-order chi connectivity index (χ0) is 15.5. The van der Waals surface area contributed by atoms with E-state index >= 15 is 0 Å². The summed E-state index contributed by atoms with van der Waals surface area (Å²) in [6, 6.07) is 3.92. The highest BCUT2D eigenvalue weighted by atomic mass is 32.2. The number of aliphatic hydroxyl groups is 1. The van der Waals surface area contributed by atoms with E-state index in [9.17, 15) is 13.5 Å². The van der Waals surface area contributed by atoms with Crippen molar-refractivity contribution in [2.45, 2.75) is 33.4 Å². The van der Waals surface area contributed by atoms with Gasteiger partial charge in [-0.05, 0) is 31.0 Å². The van der Waals surface area contributed by atoms with Gasteiger partial charge in [-0.25, -0.2) is 9.03 Å². The number of nitrogens with one attached hydrogen (secondary N) is 2. The third-order valence-electron chi connectivity index (χ3n) is 3.04. The molecular formula is C13H21N3O3S2. The van der Waals surface area contributed by atoms with Crippen LogP contribution in [0.3, 0.4) is 0 Å². The SMILES string of the molecule is CC(C)CCNCc1ccc(CN2C=C(O)NS2(=O)=O)s1. The molecule has 21 heavy (non-hydrogen) atoms. The number of thiophene rings is 1. The van der Waals surface area contributed by atoms with E-state index in [1.807, 2.05) is 16.9 Å². The molecule has 3 N–H and O–H groups in total. The molecule has 6 nitrogen and oxygen atoms in total. The van der Waals surface area contributed by atoms with Crippen molar-refractivity contribution >= 4 is 21.5 Å². The van der Waals surface area contributed by atoms with Crippen molar-refractivity contribution in [3.05, 3.63) is 34.0 Å². The van der Waals surface area contributed by atoms with E-state index in [1.165, 1.54) is 11.1 Å². The Bertz CT molecular complexity index is 608. The summed E-state index contributed by atoms with van der Waals surface area (Å²) >= 11 is 1.57. The Morgan fingerprint density at radius 1 is 1.38 bits per heavy atom. The van der Waals surface area contributed by atoms with Crippen molar-refractivity contribution in [1.29, 1.82) is 0 Å². The van der Waals surface area contributed by atoms with Gasteiger partial charge in [0.25, 0.3) is 0 Å². The van der Waals surface area contributed by atoms with Crippen LogP contribution in [0.2, 0.25) is 0 Å². The van der Waals surface area contributed by atoms with E-state index in [4.69, 9.17) is 0 Å². The number of nitrogens with zero attached hydrogens (tertiary/aromatic N) is 1. The van der Waals surface area contributed by atoms with Gasteiger partial charge in [-0.1, -0.05) is 13.8 Å². The molecule has 118 valence electrons. The molecule has 2 heterocycles.